The first-order valence-electron chi connectivity index (χ1n) is 7.53. The number of carbonyl (C=O) groups is 2. The minimum atomic E-state index is -0.339. The fourth-order valence-corrected chi connectivity index (χ4v) is 3.03. The normalized spacial score (nSPS) is 10.2. The fraction of sp³-hybridized carbons (Fsp3) is 0.0556. The zero-order chi connectivity index (χ0) is 18.5. The van der Waals surface area contributed by atoms with E-state index >= 15 is 0 Å². The van der Waals surface area contributed by atoms with Gasteiger partial charge >= 0.3 is 0 Å². The molecule has 0 aliphatic heterocycles. The third kappa shape index (κ3) is 4.47. The van der Waals surface area contributed by atoms with E-state index in [0.29, 0.717) is 22.1 Å². The largest absolute Gasteiger partial charge is 0.497 e. The molecule has 0 saturated carbocycles. The van der Waals surface area contributed by atoms with Crippen LogP contribution in [0.1, 0.15) is 20.8 Å². The highest BCUT2D eigenvalue weighted by molar-refractivity contribution is 9.10. The molecule has 0 atom stereocenters. The van der Waals surface area contributed by atoms with Gasteiger partial charge in [0.05, 0.1) is 7.11 Å². The van der Waals surface area contributed by atoms with Gasteiger partial charge in [-0.3, -0.25) is 14.9 Å². The first-order valence-corrected chi connectivity index (χ1v) is 9.20. The molecule has 2 amide bonds. The molecule has 0 radical (unpaired) electrons. The molecule has 6 nitrogen and oxygen atoms in total. The molecule has 0 bridgehead atoms. The van der Waals surface area contributed by atoms with Crippen molar-refractivity contribution in [3.8, 4) is 5.75 Å². The van der Waals surface area contributed by atoms with Crippen LogP contribution in [0.2, 0.25) is 0 Å². The van der Waals surface area contributed by atoms with Crippen LogP contribution in [0.15, 0.2) is 58.4 Å². The summed E-state index contributed by atoms with van der Waals surface area (Å²) in [5.41, 5.74) is 1.37. The van der Waals surface area contributed by atoms with Gasteiger partial charge in [-0.1, -0.05) is 15.9 Å². The van der Waals surface area contributed by atoms with Gasteiger partial charge in [-0.05, 0) is 48.5 Å². The Morgan fingerprint density at radius 2 is 1.69 bits per heavy atom. The van der Waals surface area contributed by atoms with Crippen LogP contribution in [-0.2, 0) is 0 Å². The molecule has 132 valence electrons. The molecule has 0 fully saturated rings. The summed E-state index contributed by atoms with van der Waals surface area (Å²) >= 11 is 4.52. The number of thiazole rings is 1. The number of hydrogen-bond donors (Lipinski definition) is 2. The molecule has 2 N–H and O–H groups in total. The summed E-state index contributed by atoms with van der Waals surface area (Å²) in [5, 5.41) is 7.39. The van der Waals surface area contributed by atoms with Gasteiger partial charge in [0, 0.05) is 21.1 Å². The average Bonchev–Trinajstić information content (AvgIpc) is 3.12. The summed E-state index contributed by atoms with van der Waals surface area (Å²) < 4.78 is 5.99. The van der Waals surface area contributed by atoms with Crippen molar-refractivity contribution in [1.29, 1.82) is 0 Å². The van der Waals surface area contributed by atoms with Gasteiger partial charge in [-0.2, -0.15) is 0 Å². The number of anilines is 2. The molecule has 0 unspecified atom stereocenters. The third-order valence-electron chi connectivity index (χ3n) is 3.41. The molecule has 2 aromatic carbocycles. The zero-order valence-corrected chi connectivity index (χ0v) is 16.1. The predicted octanol–water partition coefficient (Wildman–Crippen LogP) is 4.42. The Morgan fingerprint density at radius 3 is 2.35 bits per heavy atom. The second kappa shape index (κ2) is 8.11. The molecule has 0 aliphatic rings. The summed E-state index contributed by atoms with van der Waals surface area (Å²) in [5.74, 6) is 0.0260. The summed E-state index contributed by atoms with van der Waals surface area (Å²) in [4.78, 5) is 28.6. The van der Waals surface area contributed by atoms with Crippen molar-refractivity contribution in [2.24, 2.45) is 0 Å². The molecule has 1 aromatic heterocycles. The lowest BCUT2D eigenvalue weighted by Crippen LogP contribution is -2.14. The minimum absolute atomic E-state index is 0.239. The van der Waals surface area contributed by atoms with Crippen molar-refractivity contribution in [2.45, 2.75) is 0 Å². The molecule has 0 spiro atoms. The Bertz CT molecular complexity index is 924. The van der Waals surface area contributed by atoms with Crippen molar-refractivity contribution < 1.29 is 14.3 Å². The van der Waals surface area contributed by atoms with Gasteiger partial charge < -0.3 is 10.1 Å². The highest BCUT2D eigenvalue weighted by Gasteiger charge is 2.13. The van der Waals surface area contributed by atoms with E-state index in [4.69, 9.17) is 4.74 Å². The van der Waals surface area contributed by atoms with E-state index in [-0.39, 0.29) is 17.5 Å². The van der Waals surface area contributed by atoms with Gasteiger partial charge in [0.1, 0.15) is 11.4 Å². The maximum absolute atomic E-state index is 12.2. The van der Waals surface area contributed by atoms with Crippen molar-refractivity contribution in [2.75, 3.05) is 17.7 Å². The van der Waals surface area contributed by atoms with E-state index in [1.165, 1.54) is 11.3 Å². The second-order valence-corrected chi connectivity index (χ2v) is 6.96. The number of hydrogen-bond acceptors (Lipinski definition) is 5. The standard InChI is InChI=1S/C18H14BrN3O3S/c1-25-14-8-2-11(3-9-14)16(23)22-18-21-15(10-26-18)17(24)20-13-6-4-12(19)5-7-13/h2-10H,1H3,(H,20,24)(H,21,22,23). The van der Waals surface area contributed by atoms with Crippen LogP contribution in [0.3, 0.4) is 0 Å². The van der Waals surface area contributed by atoms with Gasteiger partial charge in [0.15, 0.2) is 5.13 Å². The Morgan fingerprint density at radius 1 is 1.00 bits per heavy atom. The zero-order valence-electron chi connectivity index (χ0n) is 13.7. The van der Waals surface area contributed by atoms with E-state index in [2.05, 4.69) is 31.5 Å². The monoisotopic (exact) mass is 431 g/mol. The van der Waals surface area contributed by atoms with Crippen LogP contribution in [0.25, 0.3) is 0 Å². The van der Waals surface area contributed by atoms with Gasteiger partial charge in [0.25, 0.3) is 11.8 Å². The van der Waals surface area contributed by atoms with Crippen LogP contribution >= 0.6 is 27.3 Å². The maximum Gasteiger partial charge on any atom is 0.275 e. The lowest BCUT2D eigenvalue weighted by molar-refractivity contribution is 0.101. The number of benzene rings is 2. The number of carbonyl (C=O) groups excluding carboxylic acids is 2. The molecule has 3 aromatic rings. The number of amides is 2. The Balaban J connectivity index is 1.64. The quantitative estimate of drug-likeness (QED) is 0.626. The van der Waals surface area contributed by atoms with Crippen LogP contribution < -0.4 is 15.4 Å². The molecule has 1 heterocycles. The number of aromatic nitrogens is 1. The van der Waals surface area contributed by atoms with Gasteiger partial charge in [0.2, 0.25) is 0 Å². The minimum Gasteiger partial charge on any atom is -0.497 e. The Hall–Kier alpha value is -2.71. The van der Waals surface area contributed by atoms with Gasteiger partial charge in [-0.25, -0.2) is 4.98 Å². The highest BCUT2D eigenvalue weighted by Crippen LogP contribution is 2.19. The molecular formula is C18H14BrN3O3S. The smallest absolute Gasteiger partial charge is 0.275 e. The Labute approximate surface area is 162 Å². The van der Waals surface area contributed by atoms with E-state index in [1.807, 2.05) is 12.1 Å². The van der Waals surface area contributed by atoms with Crippen LogP contribution in [0.5, 0.6) is 5.75 Å². The lowest BCUT2D eigenvalue weighted by Gasteiger charge is -2.04. The fourth-order valence-electron chi connectivity index (χ4n) is 2.08. The van der Waals surface area contributed by atoms with Crippen molar-refractivity contribution in [3.05, 3.63) is 69.6 Å². The van der Waals surface area contributed by atoms with E-state index in [0.717, 1.165) is 4.47 Å². The van der Waals surface area contributed by atoms with E-state index in [1.54, 1.807) is 48.9 Å². The number of rotatable bonds is 5. The molecule has 26 heavy (non-hydrogen) atoms. The maximum atomic E-state index is 12.2. The number of halogens is 1. The SMILES string of the molecule is COc1ccc(C(=O)Nc2nc(C(=O)Nc3ccc(Br)cc3)cs2)cc1. The molecular weight excluding hydrogens is 418 g/mol. The number of ether oxygens (including phenoxy) is 1. The van der Waals surface area contributed by atoms with Crippen molar-refractivity contribution in [1.82, 2.24) is 4.98 Å². The molecule has 0 aliphatic carbocycles. The third-order valence-corrected chi connectivity index (χ3v) is 4.70. The molecule has 3 rings (SSSR count). The number of nitrogens with zero attached hydrogens (tertiary/aromatic N) is 1. The van der Waals surface area contributed by atoms with Crippen molar-refractivity contribution in [3.63, 3.8) is 0 Å². The summed E-state index contributed by atoms with van der Waals surface area (Å²) in [6.45, 7) is 0. The lowest BCUT2D eigenvalue weighted by atomic mass is 10.2. The highest BCUT2D eigenvalue weighted by atomic mass is 79.9. The summed E-state index contributed by atoms with van der Waals surface area (Å²) in [6, 6.07) is 13.9. The van der Waals surface area contributed by atoms with Crippen LogP contribution in [-0.4, -0.2) is 23.9 Å². The first-order chi connectivity index (χ1) is 12.5. The molecule has 8 heteroatoms. The summed E-state index contributed by atoms with van der Waals surface area (Å²) in [6.07, 6.45) is 0. The first kappa shape index (κ1) is 18.1. The van der Waals surface area contributed by atoms with Crippen molar-refractivity contribution >= 4 is 49.9 Å². The Kier molecular flexibility index (Phi) is 5.65. The van der Waals surface area contributed by atoms with Gasteiger partial charge in [-0.15, -0.1) is 11.3 Å². The van der Waals surface area contributed by atoms with Crippen LogP contribution in [0, 0.1) is 0 Å². The predicted molar refractivity (Wildman–Crippen MR) is 105 cm³/mol. The van der Waals surface area contributed by atoms with Crippen LogP contribution in [0.4, 0.5) is 10.8 Å². The van der Waals surface area contributed by atoms with E-state index < -0.39 is 0 Å². The van der Waals surface area contributed by atoms with E-state index in [9.17, 15) is 9.59 Å². The topological polar surface area (TPSA) is 80.3 Å². The molecule has 0 saturated heterocycles. The number of nitrogens with one attached hydrogen (secondary N) is 2. The number of methoxy groups -OCH3 is 1. The second-order valence-electron chi connectivity index (χ2n) is 5.18. The average molecular weight is 432 g/mol. The summed E-state index contributed by atoms with van der Waals surface area (Å²) in [7, 11) is 1.56.